The van der Waals surface area contributed by atoms with E-state index in [2.05, 4.69) is 51.1 Å². The van der Waals surface area contributed by atoms with Crippen LogP contribution in [-0.4, -0.2) is 66.2 Å². The molecular weight excluding hydrogens is 268 g/mol. The van der Waals surface area contributed by atoms with Gasteiger partial charge < -0.3 is 19.9 Å². The SMILES string of the molecule is CCCNc1nc(OCC)nc(N2CCC(N(C)C)C2)n1. The van der Waals surface area contributed by atoms with Crippen molar-refractivity contribution in [2.75, 3.05) is 50.6 Å². The van der Waals surface area contributed by atoms with Gasteiger partial charge in [-0.3, -0.25) is 0 Å². The highest BCUT2D eigenvalue weighted by Gasteiger charge is 2.26. The standard InChI is InChI=1S/C14H26N6O/c1-5-8-15-12-16-13(18-14(17-12)21-6-2)20-9-7-11(10-20)19(3)4/h11H,5-10H2,1-4H3,(H,15,16,17,18). The normalized spacial score (nSPS) is 18.3. The number of rotatable bonds is 7. The fraction of sp³-hybridized carbons (Fsp3) is 0.786. The number of hydrogen-bond acceptors (Lipinski definition) is 7. The molecule has 1 unspecified atom stereocenters. The van der Waals surface area contributed by atoms with E-state index < -0.39 is 0 Å². The maximum atomic E-state index is 5.46. The first-order valence-corrected chi connectivity index (χ1v) is 7.68. The van der Waals surface area contributed by atoms with Gasteiger partial charge >= 0.3 is 6.01 Å². The summed E-state index contributed by atoms with van der Waals surface area (Å²) in [6, 6.07) is 0.943. The van der Waals surface area contributed by atoms with Gasteiger partial charge in [0.05, 0.1) is 6.61 Å². The van der Waals surface area contributed by atoms with Crippen LogP contribution in [-0.2, 0) is 0 Å². The zero-order chi connectivity index (χ0) is 15.2. The molecule has 7 nitrogen and oxygen atoms in total. The van der Waals surface area contributed by atoms with Gasteiger partial charge in [-0.1, -0.05) is 6.92 Å². The summed E-state index contributed by atoms with van der Waals surface area (Å²) in [5.41, 5.74) is 0. The molecule has 7 heteroatoms. The molecule has 1 aliphatic heterocycles. The number of nitrogens with zero attached hydrogens (tertiary/aromatic N) is 5. The molecule has 1 saturated heterocycles. The van der Waals surface area contributed by atoms with Crippen LogP contribution in [0.3, 0.4) is 0 Å². The Balaban J connectivity index is 2.15. The van der Waals surface area contributed by atoms with E-state index in [-0.39, 0.29) is 0 Å². The summed E-state index contributed by atoms with van der Waals surface area (Å²) in [6.07, 6.45) is 2.15. The zero-order valence-corrected chi connectivity index (χ0v) is 13.5. The van der Waals surface area contributed by atoms with Crippen molar-refractivity contribution in [3.63, 3.8) is 0 Å². The molecule has 0 saturated carbocycles. The molecule has 0 bridgehead atoms. The van der Waals surface area contributed by atoms with Gasteiger partial charge in [0.2, 0.25) is 11.9 Å². The second-order valence-corrected chi connectivity index (χ2v) is 5.45. The number of hydrogen-bond donors (Lipinski definition) is 1. The molecule has 1 fully saturated rings. The van der Waals surface area contributed by atoms with Gasteiger partial charge in [0.1, 0.15) is 0 Å². The molecule has 1 aliphatic rings. The van der Waals surface area contributed by atoms with E-state index in [9.17, 15) is 0 Å². The molecule has 1 aromatic rings. The van der Waals surface area contributed by atoms with E-state index in [0.717, 1.165) is 32.5 Å². The smallest absolute Gasteiger partial charge is 0.323 e. The van der Waals surface area contributed by atoms with Crippen molar-refractivity contribution in [3.8, 4) is 6.01 Å². The maximum Gasteiger partial charge on any atom is 0.323 e. The van der Waals surface area contributed by atoms with Crippen LogP contribution < -0.4 is 15.0 Å². The maximum absolute atomic E-state index is 5.46. The van der Waals surface area contributed by atoms with Crippen LogP contribution in [0, 0.1) is 0 Å². The molecule has 21 heavy (non-hydrogen) atoms. The minimum Gasteiger partial charge on any atom is -0.464 e. The van der Waals surface area contributed by atoms with Crippen LogP contribution >= 0.6 is 0 Å². The van der Waals surface area contributed by atoms with Crippen LogP contribution in [0.25, 0.3) is 0 Å². The summed E-state index contributed by atoms with van der Waals surface area (Å²) in [5, 5.41) is 3.21. The average molecular weight is 294 g/mol. The predicted molar refractivity (Wildman–Crippen MR) is 84.1 cm³/mol. The molecule has 1 atom stereocenters. The molecule has 2 rings (SSSR count). The highest BCUT2D eigenvalue weighted by molar-refractivity contribution is 5.39. The average Bonchev–Trinajstić information content (AvgIpc) is 2.95. The molecule has 0 aromatic carbocycles. The topological polar surface area (TPSA) is 66.4 Å². The second kappa shape index (κ2) is 7.40. The fourth-order valence-electron chi connectivity index (χ4n) is 2.34. The quantitative estimate of drug-likeness (QED) is 0.811. The number of anilines is 2. The van der Waals surface area contributed by atoms with Gasteiger partial charge in [-0.25, -0.2) is 0 Å². The van der Waals surface area contributed by atoms with Crippen LogP contribution in [0.15, 0.2) is 0 Å². The highest BCUT2D eigenvalue weighted by Crippen LogP contribution is 2.21. The van der Waals surface area contributed by atoms with Crippen molar-refractivity contribution in [2.24, 2.45) is 0 Å². The molecule has 1 N–H and O–H groups in total. The fourth-order valence-corrected chi connectivity index (χ4v) is 2.34. The molecule has 1 aromatic heterocycles. The summed E-state index contributed by atoms with van der Waals surface area (Å²) >= 11 is 0. The van der Waals surface area contributed by atoms with Gasteiger partial charge in [-0.05, 0) is 33.9 Å². The molecule has 0 spiro atoms. The van der Waals surface area contributed by atoms with E-state index in [4.69, 9.17) is 4.74 Å². The molecule has 118 valence electrons. The van der Waals surface area contributed by atoms with Crippen molar-refractivity contribution in [3.05, 3.63) is 0 Å². The third-order valence-electron chi connectivity index (χ3n) is 3.59. The third kappa shape index (κ3) is 4.17. The lowest BCUT2D eigenvalue weighted by atomic mass is 10.2. The first-order valence-electron chi connectivity index (χ1n) is 7.68. The largest absolute Gasteiger partial charge is 0.464 e. The number of nitrogens with one attached hydrogen (secondary N) is 1. The number of aromatic nitrogens is 3. The van der Waals surface area contributed by atoms with Crippen molar-refractivity contribution in [1.29, 1.82) is 0 Å². The molecule has 0 radical (unpaired) electrons. The monoisotopic (exact) mass is 294 g/mol. The Bertz CT molecular complexity index is 453. The summed E-state index contributed by atoms with van der Waals surface area (Å²) in [4.78, 5) is 17.7. The number of ether oxygens (including phenoxy) is 1. The minimum atomic E-state index is 0.398. The molecule has 0 aliphatic carbocycles. The van der Waals surface area contributed by atoms with Crippen LogP contribution in [0.4, 0.5) is 11.9 Å². The van der Waals surface area contributed by atoms with Gasteiger partial charge in [0.15, 0.2) is 0 Å². The van der Waals surface area contributed by atoms with Crippen molar-refractivity contribution in [2.45, 2.75) is 32.7 Å². The Kier molecular flexibility index (Phi) is 5.55. The van der Waals surface area contributed by atoms with E-state index in [1.807, 2.05) is 6.92 Å². The highest BCUT2D eigenvalue weighted by atomic mass is 16.5. The lowest BCUT2D eigenvalue weighted by Gasteiger charge is -2.20. The van der Waals surface area contributed by atoms with Gasteiger partial charge in [-0.15, -0.1) is 0 Å². The molecule has 2 heterocycles. The van der Waals surface area contributed by atoms with Crippen LogP contribution in [0.1, 0.15) is 26.7 Å². The first-order chi connectivity index (χ1) is 10.1. The molecule has 0 amide bonds. The number of likely N-dealkylation sites (N-methyl/N-ethyl adjacent to an activating group) is 1. The van der Waals surface area contributed by atoms with Crippen LogP contribution in [0.2, 0.25) is 0 Å². The lowest BCUT2D eigenvalue weighted by molar-refractivity contribution is 0.310. The Morgan fingerprint density at radius 2 is 2.10 bits per heavy atom. The predicted octanol–water partition coefficient (Wildman–Crippen LogP) is 1.23. The van der Waals surface area contributed by atoms with E-state index >= 15 is 0 Å². The lowest BCUT2D eigenvalue weighted by Crippen LogP contribution is -2.32. The third-order valence-corrected chi connectivity index (χ3v) is 3.59. The minimum absolute atomic E-state index is 0.398. The Labute approximate surface area is 126 Å². The van der Waals surface area contributed by atoms with Gasteiger partial charge in [-0.2, -0.15) is 15.0 Å². The van der Waals surface area contributed by atoms with E-state index in [1.54, 1.807) is 0 Å². The summed E-state index contributed by atoms with van der Waals surface area (Å²) in [7, 11) is 4.23. The zero-order valence-electron chi connectivity index (χ0n) is 13.5. The van der Waals surface area contributed by atoms with Gasteiger partial charge in [0, 0.05) is 25.7 Å². The Morgan fingerprint density at radius 1 is 1.29 bits per heavy atom. The second-order valence-electron chi connectivity index (χ2n) is 5.45. The van der Waals surface area contributed by atoms with Crippen molar-refractivity contribution >= 4 is 11.9 Å². The first kappa shape index (κ1) is 15.8. The van der Waals surface area contributed by atoms with Crippen molar-refractivity contribution in [1.82, 2.24) is 19.9 Å². The summed E-state index contributed by atoms with van der Waals surface area (Å²) in [5.74, 6) is 1.30. The summed E-state index contributed by atoms with van der Waals surface area (Å²) in [6.45, 7) is 7.34. The van der Waals surface area contributed by atoms with E-state index in [1.165, 1.54) is 0 Å². The molecular formula is C14H26N6O. The Hall–Kier alpha value is -1.63. The van der Waals surface area contributed by atoms with E-state index in [0.29, 0.717) is 30.6 Å². The Morgan fingerprint density at radius 3 is 2.71 bits per heavy atom. The van der Waals surface area contributed by atoms with Crippen LogP contribution in [0.5, 0.6) is 6.01 Å². The van der Waals surface area contributed by atoms with Crippen molar-refractivity contribution < 1.29 is 4.74 Å². The van der Waals surface area contributed by atoms with Gasteiger partial charge in [0.25, 0.3) is 0 Å². The summed E-state index contributed by atoms with van der Waals surface area (Å²) < 4.78 is 5.46.